The Morgan fingerprint density at radius 2 is 2.17 bits per heavy atom. The number of aromatic carboxylic acids is 1. The van der Waals surface area contributed by atoms with Gasteiger partial charge in [-0.2, -0.15) is 0 Å². The molecular weight excluding hydrogens is 271 g/mol. The lowest BCUT2D eigenvalue weighted by Crippen LogP contribution is -2.00. The molecule has 12 heavy (non-hydrogen) atoms. The van der Waals surface area contributed by atoms with Crippen LogP contribution in [-0.4, -0.2) is 16.2 Å². The van der Waals surface area contributed by atoms with Crippen molar-refractivity contribution in [3.05, 3.63) is 32.9 Å². The van der Waals surface area contributed by atoms with Crippen LogP contribution in [0.25, 0.3) is 0 Å². The molecule has 0 bridgehead atoms. The number of carboxylic acid groups (broad SMARTS) is 1. The minimum atomic E-state index is -0.963. The number of hydrogen-bond donors (Lipinski definition) is 2. The summed E-state index contributed by atoms with van der Waals surface area (Å²) in [4.78, 5) is 10.6. The van der Waals surface area contributed by atoms with Gasteiger partial charge in [0.1, 0.15) is 0 Å². The molecule has 0 aliphatic carbocycles. The van der Waals surface area contributed by atoms with Crippen LogP contribution in [0.2, 0.25) is 0 Å². The van der Waals surface area contributed by atoms with Gasteiger partial charge in [-0.1, -0.05) is 6.07 Å². The molecule has 64 valence electrons. The van der Waals surface area contributed by atoms with Crippen molar-refractivity contribution in [1.29, 1.82) is 0 Å². The highest BCUT2D eigenvalue weighted by Crippen LogP contribution is 2.14. The van der Waals surface area contributed by atoms with E-state index < -0.39 is 5.97 Å². The van der Waals surface area contributed by atoms with Crippen molar-refractivity contribution in [1.82, 2.24) is 0 Å². The number of rotatable bonds is 2. The van der Waals surface area contributed by atoms with Gasteiger partial charge < -0.3 is 10.2 Å². The van der Waals surface area contributed by atoms with Crippen LogP contribution >= 0.6 is 22.6 Å². The summed E-state index contributed by atoms with van der Waals surface area (Å²) >= 11 is 1.95. The summed E-state index contributed by atoms with van der Waals surface area (Å²) in [5, 5.41) is 17.4. The van der Waals surface area contributed by atoms with E-state index in [9.17, 15) is 4.79 Å². The lowest BCUT2D eigenvalue weighted by Gasteiger charge is -2.00. The van der Waals surface area contributed by atoms with Crippen LogP contribution < -0.4 is 0 Å². The molecule has 4 heteroatoms. The molecule has 1 aromatic rings. The van der Waals surface area contributed by atoms with Crippen LogP contribution in [0.5, 0.6) is 0 Å². The summed E-state index contributed by atoms with van der Waals surface area (Å²) in [6.45, 7) is -0.128. The Hall–Kier alpha value is -0.620. The van der Waals surface area contributed by atoms with Crippen molar-refractivity contribution >= 4 is 28.6 Å². The van der Waals surface area contributed by atoms with Crippen molar-refractivity contribution in [3.63, 3.8) is 0 Å². The number of benzene rings is 1. The van der Waals surface area contributed by atoms with Crippen molar-refractivity contribution in [2.24, 2.45) is 0 Å². The molecule has 0 aliphatic heterocycles. The van der Waals surface area contributed by atoms with Crippen LogP contribution in [-0.2, 0) is 6.61 Å². The van der Waals surface area contributed by atoms with Crippen LogP contribution in [0.3, 0.4) is 0 Å². The Bertz CT molecular complexity index is 309. The van der Waals surface area contributed by atoms with Crippen molar-refractivity contribution in [2.45, 2.75) is 6.61 Å². The quantitative estimate of drug-likeness (QED) is 0.806. The fourth-order valence-corrected chi connectivity index (χ4v) is 1.40. The van der Waals surface area contributed by atoms with Gasteiger partial charge in [-0.3, -0.25) is 0 Å². The fraction of sp³-hybridized carbons (Fsp3) is 0.125. The number of carbonyl (C=O) groups is 1. The molecule has 1 rings (SSSR count). The van der Waals surface area contributed by atoms with E-state index >= 15 is 0 Å². The highest BCUT2D eigenvalue weighted by molar-refractivity contribution is 14.1. The predicted molar refractivity (Wildman–Crippen MR) is 52.0 cm³/mol. The van der Waals surface area contributed by atoms with Gasteiger partial charge >= 0.3 is 5.97 Å². The van der Waals surface area contributed by atoms with Crippen LogP contribution in [0.4, 0.5) is 0 Å². The zero-order valence-corrected chi connectivity index (χ0v) is 8.28. The average molecular weight is 278 g/mol. The number of aliphatic hydroxyl groups excluding tert-OH is 1. The molecule has 0 aromatic heterocycles. The Kier molecular flexibility index (Phi) is 3.05. The first-order chi connectivity index (χ1) is 5.65. The van der Waals surface area contributed by atoms with E-state index in [1.807, 2.05) is 22.6 Å². The second-order valence-corrected chi connectivity index (χ2v) is 3.44. The second kappa shape index (κ2) is 3.86. The summed E-state index contributed by atoms with van der Waals surface area (Å²) in [6.07, 6.45) is 0. The summed E-state index contributed by atoms with van der Waals surface area (Å²) < 4.78 is 0.678. The maximum Gasteiger partial charge on any atom is 0.336 e. The van der Waals surface area contributed by atoms with E-state index in [1.54, 1.807) is 12.1 Å². The van der Waals surface area contributed by atoms with Gasteiger partial charge in [0.15, 0.2) is 0 Å². The number of carboxylic acids is 1. The minimum absolute atomic E-state index is 0.128. The Morgan fingerprint density at radius 1 is 1.50 bits per heavy atom. The molecule has 3 nitrogen and oxygen atoms in total. The molecule has 0 aliphatic rings. The zero-order valence-electron chi connectivity index (χ0n) is 6.12. The van der Waals surface area contributed by atoms with E-state index in [0.717, 1.165) is 0 Å². The molecule has 0 atom stereocenters. The van der Waals surface area contributed by atoms with E-state index in [-0.39, 0.29) is 12.2 Å². The maximum atomic E-state index is 10.6. The molecular formula is C8H7IO3. The third-order valence-electron chi connectivity index (χ3n) is 1.44. The van der Waals surface area contributed by atoms with Gasteiger partial charge in [-0.15, -0.1) is 0 Å². The van der Waals surface area contributed by atoms with E-state index in [2.05, 4.69) is 0 Å². The topological polar surface area (TPSA) is 57.5 Å². The first-order valence-corrected chi connectivity index (χ1v) is 4.35. The molecule has 0 spiro atoms. The van der Waals surface area contributed by atoms with Crippen molar-refractivity contribution in [3.8, 4) is 0 Å². The lowest BCUT2D eigenvalue weighted by molar-refractivity contribution is 0.0695. The lowest BCUT2D eigenvalue weighted by atomic mass is 10.1. The van der Waals surface area contributed by atoms with Crippen LogP contribution in [0, 0.1) is 3.57 Å². The Balaban J connectivity index is 3.17. The monoisotopic (exact) mass is 278 g/mol. The number of aliphatic hydroxyl groups is 1. The predicted octanol–water partition coefficient (Wildman–Crippen LogP) is 1.48. The summed E-state index contributed by atoms with van der Waals surface area (Å²) in [5.41, 5.74) is 0.856. The molecule has 0 saturated heterocycles. The summed E-state index contributed by atoms with van der Waals surface area (Å²) in [5.74, 6) is -0.963. The SMILES string of the molecule is O=C(O)c1cc(CO)ccc1I. The fourth-order valence-electron chi connectivity index (χ4n) is 0.835. The van der Waals surface area contributed by atoms with Crippen molar-refractivity contribution < 1.29 is 15.0 Å². The molecule has 2 N–H and O–H groups in total. The largest absolute Gasteiger partial charge is 0.478 e. The minimum Gasteiger partial charge on any atom is -0.478 e. The van der Waals surface area contributed by atoms with Crippen LogP contribution in [0.15, 0.2) is 18.2 Å². The Morgan fingerprint density at radius 3 is 2.67 bits per heavy atom. The summed E-state index contributed by atoms with van der Waals surface area (Å²) in [7, 11) is 0. The van der Waals surface area contributed by atoms with Gasteiger partial charge in [0.05, 0.1) is 12.2 Å². The number of halogens is 1. The van der Waals surface area contributed by atoms with E-state index in [0.29, 0.717) is 9.13 Å². The van der Waals surface area contributed by atoms with Gasteiger partial charge in [0.25, 0.3) is 0 Å². The van der Waals surface area contributed by atoms with Gasteiger partial charge in [0, 0.05) is 3.57 Å². The Labute approximate surface area is 83.2 Å². The zero-order chi connectivity index (χ0) is 9.14. The normalized spacial score (nSPS) is 9.83. The number of hydrogen-bond acceptors (Lipinski definition) is 2. The molecule has 0 heterocycles. The highest BCUT2D eigenvalue weighted by atomic mass is 127. The second-order valence-electron chi connectivity index (χ2n) is 2.28. The van der Waals surface area contributed by atoms with Gasteiger partial charge in [-0.25, -0.2) is 4.79 Å². The first kappa shape index (κ1) is 9.47. The molecule has 0 radical (unpaired) electrons. The van der Waals surface area contributed by atoms with Crippen LogP contribution in [0.1, 0.15) is 15.9 Å². The van der Waals surface area contributed by atoms with Gasteiger partial charge in [0.2, 0.25) is 0 Å². The summed E-state index contributed by atoms with van der Waals surface area (Å²) in [6, 6.07) is 4.86. The molecule has 1 aromatic carbocycles. The third-order valence-corrected chi connectivity index (χ3v) is 2.38. The van der Waals surface area contributed by atoms with E-state index in [4.69, 9.17) is 10.2 Å². The molecule has 0 saturated carbocycles. The molecule has 0 unspecified atom stereocenters. The smallest absolute Gasteiger partial charge is 0.336 e. The highest BCUT2D eigenvalue weighted by Gasteiger charge is 2.07. The average Bonchev–Trinajstić information content (AvgIpc) is 2.05. The molecule has 0 amide bonds. The van der Waals surface area contributed by atoms with Crippen molar-refractivity contribution in [2.75, 3.05) is 0 Å². The maximum absolute atomic E-state index is 10.6. The third kappa shape index (κ3) is 1.95. The van der Waals surface area contributed by atoms with Gasteiger partial charge in [-0.05, 0) is 40.3 Å². The van der Waals surface area contributed by atoms with E-state index in [1.165, 1.54) is 6.07 Å². The first-order valence-electron chi connectivity index (χ1n) is 3.27. The molecule has 0 fully saturated rings. The standard InChI is InChI=1S/C8H7IO3/c9-7-2-1-5(4-10)3-6(7)8(11)12/h1-3,10H,4H2,(H,11,12).